The molecule has 0 bridgehead atoms. The summed E-state index contributed by atoms with van der Waals surface area (Å²) in [5.41, 5.74) is -0.241. The molecule has 0 aromatic rings. The van der Waals surface area contributed by atoms with Gasteiger partial charge in [0.05, 0.1) is 12.1 Å². The number of amides is 1. The van der Waals surface area contributed by atoms with Crippen LogP contribution in [0.15, 0.2) is 12.2 Å². The van der Waals surface area contributed by atoms with Gasteiger partial charge in [-0.25, -0.2) is 0 Å². The molecule has 1 atom stereocenters. The first-order valence-electron chi connectivity index (χ1n) is 4.73. The van der Waals surface area contributed by atoms with E-state index >= 15 is 0 Å². The Morgan fingerprint density at radius 3 is 2.93 bits per heavy atom. The van der Waals surface area contributed by atoms with Gasteiger partial charge in [-0.15, -0.1) is 11.6 Å². The normalized spacial score (nSPS) is 26.1. The highest BCUT2D eigenvalue weighted by Crippen LogP contribution is 2.23. The van der Waals surface area contributed by atoms with Gasteiger partial charge in [-0.3, -0.25) is 4.79 Å². The molecular formula is C10H16ClNO2. The number of carbonyl (C=O) groups excluding carboxylic acids is 1. The van der Waals surface area contributed by atoms with E-state index in [9.17, 15) is 4.79 Å². The maximum absolute atomic E-state index is 11.2. The lowest BCUT2D eigenvalue weighted by atomic mass is 9.86. The fraction of sp³-hybridized carbons (Fsp3) is 0.700. The molecule has 1 amide bonds. The van der Waals surface area contributed by atoms with Gasteiger partial charge in [0.25, 0.3) is 0 Å². The van der Waals surface area contributed by atoms with E-state index in [1.807, 2.05) is 0 Å². The smallest absolute Gasteiger partial charge is 0.235 e. The van der Waals surface area contributed by atoms with E-state index < -0.39 is 0 Å². The quantitative estimate of drug-likeness (QED) is 0.572. The molecule has 0 fully saturated rings. The zero-order valence-corrected chi connectivity index (χ0v) is 9.14. The van der Waals surface area contributed by atoms with Crippen LogP contribution in [-0.2, 0) is 9.53 Å². The lowest BCUT2D eigenvalue weighted by molar-refractivity contribution is -0.121. The summed E-state index contributed by atoms with van der Waals surface area (Å²) in [6.45, 7) is 0.542. The van der Waals surface area contributed by atoms with Crippen molar-refractivity contribution < 1.29 is 9.53 Å². The Kier molecular flexibility index (Phi) is 4.42. The topological polar surface area (TPSA) is 38.3 Å². The number of allylic oxidation sites excluding steroid dienone is 1. The Bertz CT molecular complexity index is 230. The van der Waals surface area contributed by atoms with E-state index in [2.05, 4.69) is 17.5 Å². The molecule has 0 aromatic heterocycles. The summed E-state index contributed by atoms with van der Waals surface area (Å²) < 4.78 is 5.14. The first-order chi connectivity index (χ1) is 6.72. The largest absolute Gasteiger partial charge is 0.382 e. The highest BCUT2D eigenvalue weighted by molar-refractivity contribution is 6.27. The van der Waals surface area contributed by atoms with Crippen LogP contribution in [0.4, 0.5) is 0 Å². The van der Waals surface area contributed by atoms with E-state index in [-0.39, 0.29) is 17.3 Å². The molecule has 1 rings (SSSR count). The fourth-order valence-electron chi connectivity index (χ4n) is 1.77. The van der Waals surface area contributed by atoms with Crippen molar-refractivity contribution in [2.24, 2.45) is 0 Å². The fourth-order valence-corrected chi connectivity index (χ4v) is 1.84. The second-order valence-electron chi connectivity index (χ2n) is 3.61. The standard InChI is InChI=1S/C10H16ClNO2/c1-14-8-10(12-9(13)7-11)5-3-2-4-6-10/h2-3H,4-8H2,1H3,(H,12,13). The minimum absolute atomic E-state index is 0.00911. The monoisotopic (exact) mass is 217 g/mol. The minimum atomic E-state index is -0.241. The first-order valence-corrected chi connectivity index (χ1v) is 5.27. The summed E-state index contributed by atoms with van der Waals surface area (Å²) in [5, 5.41) is 2.94. The Labute approximate surface area is 89.5 Å². The Morgan fingerprint density at radius 1 is 1.64 bits per heavy atom. The average molecular weight is 218 g/mol. The van der Waals surface area contributed by atoms with Gasteiger partial charge in [-0.05, 0) is 19.3 Å². The van der Waals surface area contributed by atoms with Crippen LogP contribution in [0.25, 0.3) is 0 Å². The Balaban J connectivity index is 2.61. The Morgan fingerprint density at radius 2 is 2.43 bits per heavy atom. The number of alkyl halides is 1. The van der Waals surface area contributed by atoms with Gasteiger partial charge in [-0.2, -0.15) is 0 Å². The number of methoxy groups -OCH3 is 1. The van der Waals surface area contributed by atoms with Gasteiger partial charge in [-0.1, -0.05) is 12.2 Å². The SMILES string of the molecule is COCC1(NC(=O)CCl)CC=CCC1. The highest BCUT2D eigenvalue weighted by Gasteiger charge is 2.31. The molecule has 0 aliphatic heterocycles. The molecule has 80 valence electrons. The summed E-state index contributed by atoms with van der Waals surface area (Å²) in [7, 11) is 1.65. The van der Waals surface area contributed by atoms with Gasteiger partial charge >= 0.3 is 0 Å². The van der Waals surface area contributed by atoms with Crippen molar-refractivity contribution in [1.29, 1.82) is 0 Å². The number of rotatable bonds is 4. The van der Waals surface area contributed by atoms with Crippen LogP contribution in [0.5, 0.6) is 0 Å². The van der Waals surface area contributed by atoms with Crippen molar-refractivity contribution >= 4 is 17.5 Å². The molecule has 0 heterocycles. The van der Waals surface area contributed by atoms with Crippen LogP contribution in [0.3, 0.4) is 0 Å². The van der Waals surface area contributed by atoms with Crippen molar-refractivity contribution in [2.75, 3.05) is 19.6 Å². The van der Waals surface area contributed by atoms with Gasteiger partial charge < -0.3 is 10.1 Å². The van der Waals surface area contributed by atoms with Crippen molar-refractivity contribution in [2.45, 2.75) is 24.8 Å². The number of ether oxygens (including phenoxy) is 1. The number of hydrogen-bond acceptors (Lipinski definition) is 2. The van der Waals surface area contributed by atoms with Gasteiger partial charge in [0.2, 0.25) is 5.91 Å². The van der Waals surface area contributed by atoms with Gasteiger partial charge in [0.1, 0.15) is 5.88 Å². The second kappa shape index (κ2) is 5.37. The highest BCUT2D eigenvalue weighted by atomic mass is 35.5. The molecular weight excluding hydrogens is 202 g/mol. The number of nitrogens with one attached hydrogen (secondary N) is 1. The third-order valence-electron chi connectivity index (χ3n) is 2.41. The summed E-state index contributed by atoms with van der Waals surface area (Å²) in [4.78, 5) is 11.2. The number of hydrogen-bond donors (Lipinski definition) is 1. The molecule has 3 nitrogen and oxygen atoms in total. The third kappa shape index (κ3) is 3.00. The minimum Gasteiger partial charge on any atom is -0.382 e. The predicted octanol–water partition coefficient (Wildman–Crippen LogP) is 1.47. The van der Waals surface area contributed by atoms with Crippen molar-refractivity contribution in [1.82, 2.24) is 5.32 Å². The van der Waals surface area contributed by atoms with E-state index in [1.54, 1.807) is 7.11 Å². The maximum Gasteiger partial charge on any atom is 0.235 e. The first kappa shape index (κ1) is 11.5. The summed E-state index contributed by atoms with van der Waals surface area (Å²) >= 11 is 5.46. The molecule has 0 aromatic carbocycles. The number of halogens is 1. The molecule has 0 saturated heterocycles. The number of carbonyl (C=O) groups is 1. The van der Waals surface area contributed by atoms with Crippen LogP contribution in [-0.4, -0.2) is 31.0 Å². The van der Waals surface area contributed by atoms with Crippen molar-refractivity contribution in [3.8, 4) is 0 Å². The van der Waals surface area contributed by atoms with E-state index in [0.717, 1.165) is 19.3 Å². The molecule has 0 saturated carbocycles. The second-order valence-corrected chi connectivity index (χ2v) is 3.88. The van der Waals surface area contributed by atoms with Gasteiger partial charge in [0.15, 0.2) is 0 Å². The van der Waals surface area contributed by atoms with Crippen LogP contribution >= 0.6 is 11.6 Å². The Hall–Kier alpha value is -0.540. The predicted molar refractivity (Wildman–Crippen MR) is 56.5 cm³/mol. The molecule has 4 heteroatoms. The summed E-state index contributed by atoms with van der Waals surface area (Å²) in [6, 6.07) is 0. The molecule has 1 N–H and O–H groups in total. The van der Waals surface area contributed by atoms with Crippen molar-refractivity contribution in [3.63, 3.8) is 0 Å². The molecule has 1 aliphatic carbocycles. The van der Waals surface area contributed by atoms with Crippen LogP contribution in [0, 0.1) is 0 Å². The van der Waals surface area contributed by atoms with E-state index in [0.29, 0.717) is 6.61 Å². The van der Waals surface area contributed by atoms with Crippen LogP contribution in [0.2, 0.25) is 0 Å². The van der Waals surface area contributed by atoms with Crippen LogP contribution < -0.4 is 5.32 Å². The molecule has 1 unspecified atom stereocenters. The zero-order chi connectivity index (χ0) is 10.4. The van der Waals surface area contributed by atoms with Crippen LogP contribution in [0.1, 0.15) is 19.3 Å². The maximum atomic E-state index is 11.2. The molecule has 14 heavy (non-hydrogen) atoms. The molecule has 0 radical (unpaired) electrons. The lowest BCUT2D eigenvalue weighted by Gasteiger charge is -2.35. The summed E-state index contributed by atoms with van der Waals surface area (Å²) in [5.74, 6) is -0.117. The molecule has 1 aliphatic rings. The van der Waals surface area contributed by atoms with E-state index in [4.69, 9.17) is 16.3 Å². The summed E-state index contributed by atoms with van der Waals surface area (Å²) in [6.07, 6.45) is 6.92. The van der Waals surface area contributed by atoms with Crippen molar-refractivity contribution in [3.05, 3.63) is 12.2 Å². The van der Waals surface area contributed by atoms with Gasteiger partial charge in [0, 0.05) is 7.11 Å². The zero-order valence-electron chi connectivity index (χ0n) is 8.38. The lowest BCUT2D eigenvalue weighted by Crippen LogP contribution is -2.52. The molecule has 0 spiro atoms. The average Bonchev–Trinajstić information content (AvgIpc) is 2.19. The van der Waals surface area contributed by atoms with E-state index in [1.165, 1.54) is 0 Å². The third-order valence-corrected chi connectivity index (χ3v) is 2.65.